The van der Waals surface area contributed by atoms with Crippen molar-refractivity contribution in [1.82, 2.24) is 20.0 Å². The minimum absolute atomic E-state index is 0.250. The van der Waals surface area contributed by atoms with Crippen LogP contribution in [0, 0.1) is 12.7 Å². The minimum atomic E-state index is -1.33. The van der Waals surface area contributed by atoms with E-state index < -0.39 is 23.3 Å². The summed E-state index contributed by atoms with van der Waals surface area (Å²) in [6.45, 7) is 6.93. The van der Waals surface area contributed by atoms with Crippen LogP contribution in [0.5, 0.6) is 0 Å². The Kier molecular flexibility index (Phi) is 6.47. The fourth-order valence-corrected chi connectivity index (χ4v) is 4.46. The van der Waals surface area contributed by atoms with Gasteiger partial charge in [0.15, 0.2) is 0 Å². The zero-order valence-corrected chi connectivity index (χ0v) is 19.0. The van der Waals surface area contributed by atoms with E-state index in [9.17, 15) is 18.8 Å². The molecule has 0 aromatic heterocycles. The molecule has 0 spiro atoms. The van der Waals surface area contributed by atoms with Crippen molar-refractivity contribution in [3.8, 4) is 0 Å². The van der Waals surface area contributed by atoms with E-state index in [1.54, 1.807) is 11.8 Å². The molecule has 2 aromatic rings. The van der Waals surface area contributed by atoms with Crippen LogP contribution in [0.2, 0.25) is 0 Å². The number of halogens is 1. The first-order valence-electron chi connectivity index (χ1n) is 11.2. The molecule has 0 radical (unpaired) electrons. The summed E-state index contributed by atoms with van der Waals surface area (Å²) >= 11 is 0. The highest BCUT2D eigenvalue weighted by molar-refractivity contribution is 6.09. The Hall–Kier alpha value is -3.26. The van der Waals surface area contributed by atoms with Gasteiger partial charge in [-0.25, -0.2) is 9.18 Å². The van der Waals surface area contributed by atoms with Crippen molar-refractivity contribution >= 4 is 17.8 Å². The number of aryl methyl sites for hydroxylation is 1. The summed E-state index contributed by atoms with van der Waals surface area (Å²) in [5.41, 5.74) is 1.67. The molecule has 8 heteroatoms. The van der Waals surface area contributed by atoms with Crippen molar-refractivity contribution < 1.29 is 18.8 Å². The predicted molar refractivity (Wildman–Crippen MR) is 122 cm³/mol. The van der Waals surface area contributed by atoms with Gasteiger partial charge in [0.05, 0.1) is 0 Å². The predicted octanol–water partition coefficient (Wildman–Crippen LogP) is 2.64. The molecule has 2 saturated heterocycles. The summed E-state index contributed by atoms with van der Waals surface area (Å²) < 4.78 is 13.3. The number of benzene rings is 2. The lowest BCUT2D eigenvalue weighted by atomic mass is 9.92. The van der Waals surface area contributed by atoms with Gasteiger partial charge in [0.1, 0.15) is 17.9 Å². The van der Waals surface area contributed by atoms with Crippen molar-refractivity contribution in [2.45, 2.75) is 32.4 Å². The van der Waals surface area contributed by atoms with E-state index >= 15 is 0 Å². The Morgan fingerprint density at radius 2 is 1.76 bits per heavy atom. The summed E-state index contributed by atoms with van der Waals surface area (Å²) in [5.74, 6) is -1.19. The van der Waals surface area contributed by atoms with Crippen LogP contribution >= 0.6 is 0 Å². The van der Waals surface area contributed by atoms with Crippen molar-refractivity contribution in [3.63, 3.8) is 0 Å². The van der Waals surface area contributed by atoms with E-state index in [1.165, 1.54) is 35.4 Å². The SMILES string of the molecule is Cc1ccccc1CN1CCCN(C(=O)CN2C(=O)NC(C)(c3ccc(F)cc3)C2=O)CC1. The molecule has 2 heterocycles. The van der Waals surface area contributed by atoms with Gasteiger partial charge in [-0.15, -0.1) is 0 Å². The van der Waals surface area contributed by atoms with E-state index in [0.717, 1.165) is 31.0 Å². The third-order valence-electron chi connectivity index (χ3n) is 6.59. The molecular formula is C25H29FN4O3. The standard InChI is InChI=1S/C25H29FN4O3/c1-18-6-3-4-7-19(18)16-28-12-5-13-29(15-14-28)22(31)17-30-23(32)25(2,27-24(30)33)20-8-10-21(26)11-9-20/h3-4,6-11H,5,12-17H2,1-2H3,(H,27,33). The number of imide groups is 1. The normalized spacial score (nSPS) is 21.8. The fourth-order valence-electron chi connectivity index (χ4n) is 4.46. The summed E-state index contributed by atoms with van der Waals surface area (Å²) in [5, 5.41) is 2.66. The molecule has 33 heavy (non-hydrogen) atoms. The summed E-state index contributed by atoms with van der Waals surface area (Å²) in [7, 11) is 0. The first-order chi connectivity index (χ1) is 15.8. The van der Waals surface area contributed by atoms with Crippen LogP contribution in [-0.2, 0) is 21.7 Å². The maximum absolute atomic E-state index is 13.3. The van der Waals surface area contributed by atoms with Gasteiger partial charge >= 0.3 is 6.03 Å². The molecule has 7 nitrogen and oxygen atoms in total. The molecule has 4 rings (SSSR count). The lowest BCUT2D eigenvalue weighted by Gasteiger charge is -2.25. The van der Waals surface area contributed by atoms with Crippen LogP contribution in [0.15, 0.2) is 48.5 Å². The second kappa shape index (κ2) is 9.31. The topological polar surface area (TPSA) is 73.0 Å². The first-order valence-corrected chi connectivity index (χ1v) is 11.2. The Labute approximate surface area is 193 Å². The average Bonchev–Trinajstić information content (AvgIpc) is 2.94. The molecule has 4 amide bonds. The Morgan fingerprint density at radius 1 is 1.03 bits per heavy atom. The molecule has 1 N–H and O–H groups in total. The number of hydrogen-bond acceptors (Lipinski definition) is 4. The average molecular weight is 453 g/mol. The molecule has 174 valence electrons. The lowest BCUT2D eigenvalue weighted by Crippen LogP contribution is -2.45. The van der Waals surface area contributed by atoms with Crippen molar-refractivity contribution in [2.24, 2.45) is 0 Å². The van der Waals surface area contributed by atoms with Crippen LogP contribution in [-0.4, -0.2) is 65.3 Å². The Morgan fingerprint density at radius 3 is 2.48 bits per heavy atom. The summed E-state index contributed by atoms with van der Waals surface area (Å²) in [6, 6.07) is 13.1. The second-order valence-corrected chi connectivity index (χ2v) is 8.89. The van der Waals surface area contributed by atoms with Gasteiger partial charge in [-0.1, -0.05) is 36.4 Å². The van der Waals surface area contributed by atoms with Gasteiger partial charge in [0, 0.05) is 32.7 Å². The molecule has 0 bridgehead atoms. The van der Waals surface area contributed by atoms with Gasteiger partial charge in [0.25, 0.3) is 5.91 Å². The smallest absolute Gasteiger partial charge is 0.325 e. The quantitative estimate of drug-likeness (QED) is 0.708. The van der Waals surface area contributed by atoms with Crippen molar-refractivity contribution in [1.29, 1.82) is 0 Å². The number of nitrogens with one attached hydrogen (secondary N) is 1. The zero-order valence-electron chi connectivity index (χ0n) is 19.0. The van der Waals surface area contributed by atoms with E-state index in [2.05, 4.69) is 29.3 Å². The van der Waals surface area contributed by atoms with Gasteiger partial charge in [-0.3, -0.25) is 19.4 Å². The maximum atomic E-state index is 13.3. The first kappa shape index (κ1) is 22.9. The fraction of sp³-hybridized carbons (Fsp3) is 0.400. The monoisotopic (exact) mass is 452 g/mol. The summed E-state index contributed by atoms with van der Waals surface area (Å²) in [6.07, 6.45) is 0.824. The van der Waals surface area contributed by atoms with Crippen molar-refractivity contribution in [2.75, 3.05) is 32.7 Å². The molecule has 2 aliphatic heterocycles. The molecule has 0 saturated carbocycles. The maximum Gasteiger partial charge on any atom is 0.325 e. The molecule has 0 aliphatic carbocycles. The number of hydrogen-bond donors (Lipinski definition) is 1. The molecular weight excluding hydrogens is 423 g/mol. The molecule has 1 unspecified atom stereocenters. The zero-order chi connectivity index (χ0) is 23.6. The number of amides is 4. The van der Waals surface area contributed by atoms with Gasteiger partial charge < -0.3 is 10.2 Å². The van der Waals surface area contributed by atoms with Crippen LogP contribution < -0.4 is 5.32 Å². The number of carbonyl (C=O) groups is 3. The Balaban J connectivity index is 1.38. The molecule has 2 fully saturated rings. The van der Waals surface area contributed by atoms with E-state index in [4.69, 9.17) is 0 Å². The van der Waals surface area contributed by atoms with Gasteiger partial charge in [-0.05, 0) is 49.1 Å². The second-order valence-electron chi connectivity index (χ2n) is 8.89. The van der Waals surface area contributed by atoms with E-state index in [0.29, 0.717) is 18.7 Å². The molecule has 1 atom stereocenters. The van der Waals surface area contributed by atoms with Gasteiger partial charge in [-0.2, -0.15) is 0 Å². The highest BCUT2D eigenvalue weighted by Gasteiger charge is 2.49. The third kappa shape index (κ3) is 4.75. The van der Waals surface area contributed by atoms with Crippen LogP contribution in [0.3, 0.4) is 0 Å². The molecule has 2 aliphatic rings. The largest absolute Gasteiger partial charge is 0.340 e. The van der Waals surface area contributed by atoms with Crippen LogP contribution in [0.4, 0.5) is 9.18 Å². The van der Waals surface area contributed by atoms with E-state index in [-0.39, 0.29) is 12.5 Å². The molecule has 2 aromatic carbocycles. The summed E-state index contributed by atoms with van der Waals surface area (Å²) in [4.78, 5) is 43.6. The van der Waals surface area contributed by atoms with Gasteiger partial charge in [0.2, 0.25) is 5.91 Å². The minimum Gasteiger partial charge on any atom is -0.340 e. The third-order valence-corrected chi connectivity index (χ3v) is 6.59. The number of rotatable bonds is 5. The Bertz CT molecular complexity index is 1060. The van der Waals surface area contributed by atoms with Crippen LogP contribution in [0.25, 0.3) is 0 Å². The lowest BCUT2D eigenvalue weighted by molar-refractivity contribution is -0.138. The number of carbonyl (C=O) groups excluding carboxylic acids is 3. The van der Waals surface area contributed by atoms with Crippen molar-refractivity contribution in [3.05, 3.63) is 71.0 Å². The number of nitrogens with zero attached hydrogens (tertiary/aromatic N) is 3. The number of urea groups is 1. The van der Waals surface area contributed by atoms with Crippen LogP contribution in [0.1, 0.15) is 30.0 Å². The van der Waals surface area contributed by atoms with E-state index in [1.807, 2.05) is 12.1 Å². The highest BCUT2D eigenvalue weighted by atomic mass is 19.1. The highest BCUT2D eigenvalue weighted by Crippen LogP contribution is 2.29.